The summed E-state index contributed by atoms with van der Waals surface area (Å²) in [6.07, 6.45) is 5.84. The van der Waals surface area contributed by atoms with Crippen LogP contribution in [0.2, 0.25) is 0 Å². The Morgan fingerprint density at radius 2 is 1.69 bits per heavy atom. The maximum atomic E-state index is 13.4. The topological polar surface area (TPSA) is 121 Å². The molecule has 1 fully saturated rings. The smallest absolute Gasteiger partial charge is 0.335 e. The van der Waals surface area contributed by atoms with Gasteiger partial charge in [0.1, 0.15) is 11.4 Å². The lowest BCUT2D eigenvalue weighted by Crippen LogP contribution is -2.37. The Hall–Kier alpha value is -3.94. The minimum absolute atomic E-state index is 0.00425. The highest BCUT2D eigenvalue weighted by Crippen LogP contribution is 2.32. The Kier molecular flexibility index (Phi) is 8.84. The van der Waals surface area contributed by atoms with Crippen molar-refractivity contribution >= 4 is 17.8 Å². The fourth-order valence-corrected chi connectivity index (χ4v) is 5.05. The third-order valence-corrected chi connectivity index (χ3v) is 7.05. The second-order valence-corrected chi connectivity index (χ2v) is 11.3. The van der Waals surface area contributed by atoms with Crippen LogP contribution in [0, 0.1) is 11.8 Å². The number of hydrogen-bond acceptors (Lipinski definition) is 5. The number of carboxylic acids is 1. The number of aromatic amines is 1. The second-order valence-electron chi connectivity index (χ2n) is 11.3. The van der Waals surface area contributed by atoms with Gasteiger partial charge in [-0.1, -0.05) is 42.5 Å². The summed E-state index contributed by atoms with van der Waals surface area (Å²) < 4.78 is 5.47. The molecule has 1 amide bonds. The maximum absolute atomic E-state index is 13.4. The predicted octanol–water partition coefficient (Wildman–Crippen LogP) is 5.71. The van der Waals surface area contributed by atoms with E-state index in [1.54, 1.807) is 30.5 Å². The molecule has 1 aliphatic carbocycles. The Labute approximate surface area is 229 Å². The molecule has 0 aliphatic heterocycles. The van der Waals surface area contributed by atoms with E-state index in [4.69, 9.17) is 14.8 Å². The highest BCUT2D eigenvalue weighted by molar-refractivity contribution is 5.88. The number of imidazole rings is 1. The van der Waals surface area contributed by atoms with E-state index in [-0.39, 0.29) is 35.3 Å². The van der Waals surface area contributed by atoms with E-state index in [0.717, 1.165) is 36.8 Å². The highest BCUT2D eigenvalue weighted by atomic mass is 16.6. The van der Waals surface area contributed by atoms with Crippen molar-refractivity contribution in [3.63, 3.8) is 0 Å². The lowest BCUT2D eigenvalue weighted by Gasteiger charge is -2.29. The number of carbonyl (C=O) groups excluding carboxylic acids is 2. The molecule has 1 heterocycles. The number of nitrogens with one attached hydrogen (secondary N) is 2. The first-order chi connectivity index (χ1) is 18.6. The summed E-state index contributed by atoms with van der Waals surface area (Å²) in [7, 11) is 0. The monoisotopic (exact) mass is 531 g/mol. The molecule has 1 aliphatic rings. The number of esters is 1. The summed E-state index contributed by atoms with van der Waals surface area (Å²) in [6.45, 7) is 5.61. The molecule has 8 heteroatoms. The SMILES string of the molecule is CC(C)(C)OC(=O)C[C@H]1CC[C@H](C(=O)N[C@@H](Cc2ccccc2)c2nc(-c3ccc(C(=O)O)cc3)c[nH]2)CC1. The molecule has 4 rings (SSSR count). The normalized spacial score (nSPS) is 18.2. The summed E-state index contributed by atoms with van der Waals surface area (Å²) in [4.78, 5) is 44.8. The predicted molar refractivity (Wildman–Crippen MR) is 148 cm³/mol. The van der Waals surface area contributed by atoms with Gasteiger partial charge in [-0.25, -0.2) is 9.78 Å². The molecule has 0 saturated heterocycles. The van der Waals surface area contributed by atoms with E-state index in [1.807, 2.05) is 51.1 Å². The van der Waals surface area contributed by atoms with Gasteiger partial charge < -0.3 is 20.1 Å². The van der Waals surface area contributed by atoms with Crippen LogP contribution in [0.1, 0.15) is 80.7 Å². The number of nitrogens with zero attached hydrogens (tertiary/aromatic N) is 1. The van der Waals surface area contributed by atoms with E-state index in [0.29, 0.717) is 24.4 Å². The van der Waals surface area contributed by atoms with Crippen LogP contribution >= 0.6 is 0 Å². The highest BCUT2D eigenvalue weighted by Gasteiger charge is 2.30. The molecule has 2 aromatic carbocycles. The van der Waals surface area contributed by atoms with Crippen molar-refractivity contribution < 1.29 is 24.2 Å². The molecule has 3 aromatic rings. The molecule has 8 nitrogen and oxygen atoms in total. The summed E-state index contributed by atoms with van der Waals surface area (Å²) in [6, 6.07) is 16.1. The number of rotatable bonds is 9. The van der Waals surface area contributed by atoms with E-state index < -0.39 is 11.6 Å². The van der Waals surface area contributed by atoms with Gasteiger partial charge in [-0.15, -0.1) is 0 Å². The number of aromatic carboxylic acids is 1. The van der Waals surface area contributed by atoms with Gasteiger partial charge in [-0.05, 0) is 76.5 Å². The van der Waals surface area contributed by atoms with Gasteiger partial charge in [-0.3, -0.25) is 9.59 Å². The van der Waals surface area contributed by atoms with Crippen LogP contribution in [0.3, 0.4) is 0 Å². The molecule has 1 aromatic heterocycles. The van der Waals surface area contributed by atoms with E-state index >= 15 is 0 Å². The number of carbonyl (C=O) groups is 3. The zero-order valence-electron chi connectivity index (χ0n) is 22.8. The van der Waals surface area contributed by atoms with E-state index in [1.165, 1.54) is 0 Å². The summed E-state index contributed by atoms with van der Waals surface area (Å²) >= 11 is 0. The number of benzene rings is 2. The van der Waals surface area contributed by atoms with Crippen molar-refractivity contribution in [2.75, 3.05) is 0 Å². The van der Waals surface area contributed by atoms with Crippen LogP contribution in [0.4, 0.5) is 0 Å². The fourth-order valence-electron chi connectivity index (χ4n) is 5.05. The second kappa shape index (κ2) is 12.3. The van der Waals surface area contributed by atoms with Gasteiger partial charge in [0, 0.05) is 24.1 Å². The van der Waals surface area contributed by atoms with Gasteiger partial charge in [0.25, 0.3) is 0 Å². The van der Waals surface area contributed by atoms with E-state index in [2.05, 4.69) is 10.3 Å². The average molecular weight is 532 g/mol. The zero-order valence-corrected chi connectivity index (χ0v) is 22.8. The van der Waals surface area contributed by atoms with Crippen molar-refractivity contribution in [3.8, 4) is 11.3 Å². The van der Waals surface area contributed by atoms with Crippen molar-refractivity contribution in [2.45, 2.75) is 70.9 Å². The van der Waals surface area contributed by atoms with Crippen molar-refractivity contribution in [2.24, 2.45) is 11.8 Å². The maximum Gasteiger partial charge on any atom is 0.335 e. The molecule has 0 unspecified atom stereocenters. The Morgan fingerprint density at radius 3 is 2.31 bits per heavy atom. The molecule has 3 N–H and O–H groups in total. The third-order valence-electron chi connectivity index (χ3n) is 7.05. The average Bonchev–Trinajstić information content (AvgIpc) is 3.38. The van der Waals surface area contributed by atoms with Gasteiger partial charge >= 0.3 is 11.9 Å². The van der Waals surface area contributed by atoms with Crippen molar-refractivity contribution in [1.82, 2.24) is 15.3 Å². The van der Waals surface area contributed by atoms with Gasteiger partial charge in [0.15, 0.2) is 0 Å². The third kappa shape index (κ3) is 8.02. The molecule has 206 valence electrons. The standard InChI is InChI=1S/C31H37N3O5/c1-31(2,3)39-27(35)18-21-9-11-23(12-10-21)29(36)34-25(17-20-7-5-4-6-8-20)28-32-19-26(33-28)22-13-15-24(16-14-22)30(37)38/h4-8,13-16,19,21,23,25H,9-12,17-18H2,1-3H3,(H,32,33)(H,34,36)(H,37,38)/t21-,23-,25-/m0/s1. The first kappa shape index (κ1) is 28.1. The Balaban J connectivity index is 1.42. The molecule has 0 bridgehead atoms. The summed E-state index contributed by atoms with van der Waals surface area (Å²) in [5.41, 5.74) is 2.26. The van der Waals surface area contributed by atoms with Crippen LogP contribution in [-0.2, 0) is 20.7 Å². The Bertz CT molecular complexity index is 1270. The number of ether oxygens (including phenoxy) is 1. The number of aromatic nitrogens is 2. The van der Waals surface area contributed by atoms with Crippen LogP contribution in [0.15, 0.2) is 60.8 Å². The Morgan fingerprint density at radius 1 is 1.03 bits per heavy atom. The largest absolute Gasteiger partial charge is 0.478 e. The first-order valence-electron chi connectivity index (χ1n) is 13.5. The minimum Gasteiger partial charge on any atom is -0.478 e. The van der Waals surface area contributed by atoms with Crippen molar-refractivity contribution in [1.29, 1.82) is 0 Å². The van der Waals surface area contributed by atoms with E-state index in [9.17, 15) is 14.4 Å². The molecule has 1 atom stereocenters. The molecule has 0 spiro atoms. The van der Waals surface area contributed by atoms with Gasteiger partial charge in [0.05, 0.1) is 17.3 Å². The number of carboxylic acid groups (broad SMARTS) is 1. The van der Waals surface area contributed by atoms with Gasteiger partial charge in [-0.2, -0.15) is 0 Å². The molecule has 1 saturated carbocycles. The minimum atomic E-state index is -0.978. The number of hydrogen-bond donors (Lipinski definition) is 3. The fraction of sp³-hybridized carbons (Fsp3) is 0.419. The molecule has 0 radical (unpaired) electrons. The lowest BCUT2D eigenvalue weighted by molar-refractivity contribution is -0.156. The first-order valence-corrected chi connectivity index (χ1v) is 13.5. The molecular weight excluding hydrogens is 494 g/mol. The molecular formula is C31H37N3O5. The quantitative estimate of drug-likeness (QED) is 0.304. The van der Waals surface area contributed by atoms with Crippen LogP contribution in [0.25, 0.3) is 11.3 Å². The summed E-state index contributed by atoms with van der Waals surface area (Å²) in [5, 5.41) is 12.4. The summed E-state index contributed by atoms with van der Waals surface area (Å²) in [5.74, 6) is -0.391. The molecule has 39 heavy (non-hydrogen) atoms. The van der Waals surface area contributed by atoms with Gasteiger partial charge in [0.2, 0.25) is 5.91 Å². The lowest BCUT2D eigenvalue weighted by atomic mass is 9.80. The van der Waals surface area contributed by atoms with Crippen LogP contribution in [-0.4, -0.2) is 38.5 Å². The van der Waals surface area contributed by atoms with Crippen molar-refractivity contribution in [3.05, 3.63) is 77.7 Å². The van der Waals surface area contributed by atoms with Crippen LogP contribution < -0.4 is 5.32 Å². The number of amides is 1. The number of H-pyrrole nitrogens is 1. The van der Waals surface area contributed by atoms with Crippen LogP contribution in [0.5, 0.6) is 0 Å². The zero-order chi connectivity index (χ0) is 28.0.